The molecule has 0 bridgehead atoms. The van der Waals surface area contributed by atoms with E-state index in [0.29, 0.717) is 28.0 Å². The average molecular weight is 349 g/mol. The lowest BCUT2D eigenvalue weighted by atomic mass is 10.2. The molecule has 1 amide bonds. The summed E-state index contributed by atoms with van der Waals surface area (Å²) in [6, 6.07) is 9.95. The highest BCUT2D eigenvalue weighted by Gasteiger charge is 2.12. The van der Waals surface area contributed by atoms with E-state index in [4.69, 9.17) is 4.74 Å². The van der Waals surface area contributed by atoms with E-state index in [2.05, 4.69) is 26.2 Å². The number of rotatable bonds is 4. The van der Waals surface area contributed by atoms with Gasteiger partial charge >= 0.3 is 5.97 Å². The number of pyridine rings is 1. The van der Waals surface area contributed by atoms with Gasteiger partial charge in [0.05, 0.1) is 12.2 Å². The summed E-state index contributed by atoms with van der Waals surface area (Å²) < 4.78 is 5.51. The van der Waals surface area contributed by atoms with Gasteiger partial charge in [-0.2, -0.15) is 0 Å². The zero-order chi connectivity index (χ0) is 15.2. The highest BCUT2D eigenvalue weighted by atomic mass is 79.9. The third-order valence-electron chi connectivity index (χ3n) is 2.63. The Morgan fingerprint density at radius 2 is 1.95 bits per heavy atom. The van der Waals surface area contributed by atoms with Crippen molar-refractivity contribution in [2.75, 3.05) is 11.9 Å². The normalized spacial score (nSPS) is 10.0. The van der Waals surface area contributed by atoms with Crippen LogP contribution >= 0.6 is 15.9 Å². The predicted molar refractivity (Wildman–Crippen MR) is 82.3 cm³/mol. The van der Waals surface area contributed by atoms with E-state index in [9.17, 15) is 9.59 Å². The second-order valence-electron chi connectivity index (χ2n) is 4.09. The lowest BCUT2D eigenvalue weighted by Crippen LogP contribution is -2.14. The van der Waals surface area contributed by atoms with Crippen LogP contribution in [0.1, 0.15) is 27.8 Å². The smallest absolute Gasteiger partial charge is 0.338 e. The minimum absolute atomic E-state index is 0.298. The molecule has 0 saturated heterocycles. The van der Waals surface area contributed by atoms with Crippen LogP contribution in [-0.4, -0.2) is 23.5 Å². The topological polar surface area (TPSA) is 68.3 Å². The fourth-order valence-electron chi connectivity index (χ4n) is 1.65. The van der Waals surface area contributed by atoms with Gasteiger partial charge in [-0.25, -0.2) is 9.78 Å². The van der Waals surface area contributed by atoms with E-state index < -0.39 is 0 Å². The number of ether oxygens (including phenoxy) is 1. The second-order valence-corrected chi connectivity index (χ2v) is 4.94. The van der Waals surface area contributed by atoms with Crippen molar-refractivity contribution in [1.82, 2.24) is 4.98 Å². The molecule has 5 nitrogen and oxygen atoms in total. The van der Waals surface area contributed by atoms with Crippen molar-refractivity contribution >= 4 is 33.5 Å². The van der Waals surface area contributed by atoms with E-state index >= 15 is 0 Å². The van der Waals surface area contributed by atoms with Gasteiger partial charge in [-0.05, 0) is 59.3 Å². The Labute approximate surface area is 130 Å². The molecule has 1 aromatic carbocycles. The lowest BCUT2D eigenvalue weighted by Gasteiger charge is -2.07. The molecule has 0 fully saturated rings. The number of esters is 1. The number of hydrogen-bond donors (Lipinski definition) is 1. The van der Waals surface area contributed by atoms with Gasteiger partial charge in [0.25, 0.3) is 5.91 Å². The summed E-state index contributed by atoms with van der Waals surface area (Å²) in [5, 5.41) is 2.71. The van der Waals surface area contributed by atoms with Crippen LogP contribution in [0.5, 0.6) is 0 Å². The number of hydrogen-bond acceptors (Lipinski definition) is 4. The van der Waals surface area contributed by atoms with Gasteiger partial charge in [-0.3, -0.25) is 4.79 Å². The Morgan fingerprint density at radius 3 is 2.57 bits per heavy atom. The Kier molecular flexibility index (Phi) is 5.05. The molecule has 0 aliphatic heterocycles. The highest BCUT2D eigenvalue weighted by Crippen LogP contribution is 2.16. The van der Waals surface area contributed by atoms with Gasteiger partial charge in [-0.1, -0.05) is 0 Å². The van der Waals surface area contributed by atoms with Crippen LogP contribution in [0, 0.1) is 0 Å². The van der Waals surface area contributed by atoms with Gasteiger partial charge in [0.2, 0.25) is 0 Å². The number of halogens is 1. The Bertz CT molecular complexity index is 656. The fourth-order valence-corrected chi connectivity index (χ4v) is 2.08. The van der Waals surface area contributed by atoms with Crippen LogP contribution in [0.3, 0.4) is 0 Å². The predicted octanol–water partition coefficient (Wildman–Crippen LogP) is 3.27. The number of nitrogens with one attached hydrogen (secondary N) is 1. The van der Waals surface area contributed by atoms with E-state index in [1.807, 2.05) is 0 Å². The minimum atomic E-state index is -0.386. The summed E-state index contributed by atoms with van der Waals surface area (Å²) in [6.45, 7) is 2.07. The second kappa shape index (κ2) is 6.99. The molecular weight excluding hydrogens is 336 g/mol. The van der Waals surface area contributed by atoms with Crippen molar-refractivity contribution in [2.45, 2.75) is 6.92 Å². The number of anilines is 1. The summed E-state index contributed by atoms with van der Waals surface area (Å²) in [6.07, 6.45) is 1.55. The van der Waals surface area contributed by atoms with Crippen molar-refractivity contribution in [3.63, 3.8) is 0 Å². The molecule has 108 valence electrons. The van der Waals surface area contributed by atoms with E-state index in [1.54, 1.807) is 49.5 Å². The molecule has 6 heteroatoms. The third kappa shape index (κ3) is 3.88. The van der Waals surface area contributed by atoms with E-state index in [-0.39, 0.29) is 11.9 Å². The quantitative estimate of drug-likeness (QED) is 0.861. The molecule has 0 saturated carbocycles. The maximum absolute atomic E-state index is 12.1. The number of amides is 1. The molecule has 0 aliphatic rings. The molecule has 0 unspecified atom stereocenters. The first-order valence-electron chi connectivity index (χ1n) is 6.31. The standard InChI is InChI=1S/C15H13BrN2O3/c1-2-21-15(20)10-5-7-11(8-6-10)18-14(19)13-12(16)4-3-9-17-13/h3-9H,2H2,1H3,(H,18,19). The van der Waals surface area contributed by atoms with Crippen LogP contribution in [0.4, 0.5) is 5.69 Å². The largest absolute Gasteiger partial charge is 0.462 e. The fraction of sp³-hybridized carbons (Fsp3) is 0.133. The van der Waals surface area contributed by atoms with Crippen LogP contribution in [0.25, 0.3) is 0 Å². The molecule has 2 rings (SSSR count). The Hall–Kier alpha value is -2.21. The molecule has 2 aromatic rings. The Morgan fingerprint density at radius 1 is 1.24 bits per heavy atom. The van der Waals surface area contributed by atoms with Crippen LogP contribution < -0.4 is 5.32 Å². The van der Waals surface area contributed by atoms with Gasteiger partial charge in [0.1, 0.15) is 5.69 Å². The van der Waals surface area contributed by atoms with Crippen molar-refractivity contribution in [3.05, 3.63) is 58.3 Å². The van der Waals surface area contributed by atoms with Crippen molar-refractivity contribution in [1.29, 1.82) is 0 Å². The van der Waals surface area contributed by atoms with Crippen molar-refractivity contribution < 1.29 is 14.3 Å². The molecule has 1 N–H and O–H groups in total. The van der Waals surface area contributed by atoms with Crippen LogP contribution in [0.15, 0.2) is 47.1 Å². The molecule has 1 aromatic heterocycles. The highest BCUT2D eigenvalue weighted by molar-refractivity contribution is 9.10. The lowest BCUT2D eigenvalue weighted by molar-refractivity contribution is 0.0526. The molecule has 0 aliphatic carbocycles. The van der Waals surface area contributed by atoms with Crippen molar-refractivity contribution in [3.8, 4) is 0 Å². The van der Waals surface area contributed by atoms with Crippen molar-refractivity contribution in [2.24, 2.45) is 0 Å². The van der Waals surface area contributed by atoms with Crippen LogP contribution in [-0.2, 0) is 4.74 Å². The maximum Gasteiger partial charge on any atom is 0.338 e. The van der Waals surface area contributed by atoms with E-state index in [0.717, 1.165) is 0 Å². The van der Waals surface area contributed by atoms with Crippen LogP contribution in [0.2, 0.25) is 0 Å². The number of aromatic nitrogens is 1. The summed E-state index contributed by atoms with van der Waals surface area (Å²) in [5.41, 5.74) is 1.31. The Balaban J connectivity index is 2.09. The molecular formula is C15H13BrN2O3. The van der Waals surface area contributed by atoms with Gasteiger partial charge < -0.3 is 10.1 Å². The number of nitrogens with zero attached hydrogens (tertiary/aromatic N) is 1. The summed E-state index contributed by atoms with van der Waals surface area (Å²) in [5.74, 6) is -0.714. The SMILES string of the molecule is CCOC(=O)c1ccc(NC(=O)c2ncccc2Br)cc1. The average Bonchev–Trinajstić information content (AvgIpc) is 2.48. The first-order valence-corrected chi connectivity index (χ1v) is 7.10. The molecule has 0 spiro atoms. The first kappa shape index (κ1) is 15.2. The monoisotopic (exact) mass is 348 g/mol. The number of benzene rings is 1. The number of carbonyl (C=O) groups excluding carboxylic acids is 2. The first-order chi connectivity index (χ1) is 10.1. The van der Waals surface area contributed by atoms with Gasteiger partial charge in [0, 0.05) is 16.4 Å². The molecule has 1 heterocycles. The van der Waals surface area contributed by atoms with Gasteiger partial charge in [0.15, 0.2) is 0 Å². The molecule has 0 radical (unpaired) electrons. The maximum atomic E-state index is 12.1. The zero-order valence-electron chi connectivity index (χ0n) is 11.3. The summed E-state index contributed by atoms with van der Waals surface area (Å²) in [7, 11) is 0. The molecule has 21 heavy (non-hydrogen) atoms. The third-order valence-corrected chi connectivity index (χ3v) is 3.27. The molecule has 0 atom stereocenters. The number of carbonyl (C=O) groups is 2. The summed E-state index contributed by atoms with van der Waals surface area (Å²) in [4.78, 5) is 27.6. The minimum Gasteiger partial charge on any atom is -0.462 e. The summed E-state index contributed by atoms with van der Waals surface area (Å²) >= 11 is 3.27. The zero-order valence-corrected chi connectivity index (χ0v) is 12.9. The van der Waals surface area contributed by atoms with E-state index in [1.165, 1.54) is 0 Å². The van der Waals surface area contributed by atoms with Gasteiger partial charge in [-0.15, -0.1) is 0 Å².